The Morgan fingerprint density at radius 1 is 1.41 bits per heavy atom. The molecule has 2 atom stereocenters. The number of thioether (sulfide) groups is 2. The van der Waals surface area contributed by atoms with Crippen molar-refractivity contribution < 1.29 is 29.8 Å². The van der Waals surface area contributed by atoms with Crippen molar-refractivity contribution in [3.63, 3.8) is 0 Å². The van der Waals surface area contributed by atoms with Crippen molar-refractivity contribution in [2.75, 3.05) is 11.5 Å². The second-order valence-corrected chi connectivity index (χ2v) is 9.56. The molecule has 1 aromatic heterocycles. The number of carboxylic acid groups (broad SMARTS) is 1. The Labute approximate surface area is 204 Å². The number of phenolic OH excluding ortho intramolecular Hbond substituents is 1. The number of phenols is 1. The van der Waals surface area contributed by atoms with Crippen molar-refractivity contribution in [1.29, 1.82) is 0 Å². The summed E-state index contributed by atoms with van der Waals surface area (Å²) in [5.74, 6) is -2.36. The van der Waals surface area contributed by atoms with Crippen LogP contribution in [-0.2, 0) is 21.4 Å². The van der Waals surface area contributed by atoms with E-state index < -0.39 is 34.9 Å². The molecule has 1 fully saturated rings. The summed E-state index contributed by atoms with van der Waals surface area (Å²) in [5, 5.41) is 45.0. The molecule has 2 aliphatic heterocycles. The molecule has 1 saturated heterocycles. The molecule has 178 valence electrons. The lowest BCUT2D eigenvalue weighted by Crippen LogP contribution is -2.71. The summed E-state index contributed by atoms with van der Waals surface area (Å²) in [6, 6.07) is 2.76. The second-order valence-electron chi connectivity index (χ2n) is 7.11. The van der Waals surface area contributed by atoms with Crippen LogP contribution < -0.4 is 5.32 Å². The maximum atomic E-state index is 12.8. The smallest absolute Gasteiger partial charge is 0.352 e. The molecular weight excluding hydrogens is 510 g/mol. The molecule has 3 heterocycles. The highest BCUT2D eigenvalue weighted by atomic mass is 35.5. The minimum Gasteiger partial charge on any atom is -0.506 e. The Kier molecular flexibility index (Phi) is 6.67. The summed E-state index contributed by atoms with van der Waals surface area (Å²) >= 11 is 8.39. The number of carbonyl (C=O) groups is 3. The molecule has 2 aliphatic rings. The van der Waals surface area contributed by atoms with E-state index in [1.165, 1.54) is 46.4 Å². The van der Waals surface area contributed by atoms with Gasteiger partial charge in [-0.25, -0.2) is 9.48 Å². The number of nitrogens with one attached hydrogen (secondary N) is 1. The van der Waals surface area contributed by atoms with Gasteiger partial charge in [-0.1, -0.05) is 28.5 Å². The summed E-state index contributed by atoms with van der Waals surface area (Å²) in [6.45, 7) is 0. The second kappa shape index (κ2) is 9.52. The number of oxime groups is 1. The normalized spacial score (nSPS) is 20.1. The third-order valence-electron chi connectivity index (χ3n) is 5.03. The van der Waals surface area contributed by atoms with E-state index in [4.69, 9.17) is 11.6 Å². The van der Waals surface area contributed by atoms with Crippen LogP contribution in [0.25, 0.3) is 0 Å². The number of halogens is 1. The van der Waals surface area contributed by atoms with Gasteiger partial charge in [0.05, 0.1) is 5.02 Å². The van der Waals surface area contributed by atoms with E-state index in [0.717, 1.165) is 4.90 Å². The van der Waals surface area contributed by atoms with Crippen LogP contribution in [0.2, 0.25) is 5.02 Å². The number of aromatic hydroxyl groups is 1. The SMILES string of the molecule is Cn1nnnc1SCC1=C(C(=O)O)N2C(=O)C(NC(=O)C(=NO)c3ccc(O)c(Cl)c3)[C@H]2SC1. The first-order valence-electron chi connectivity index (χ1n) is 9.50. The lowest BCUT2D eigenvalue weighted by atomic mass is 10.0. The maximum Gasteiger partial charge on any atom is 0.352 e. The number of hydrogen-bond donors (Lipinski definition) is 4. The van der Waals surface area contributed by atoms with E-state index in [2.05, 4.69) is 26.0 Å². The zero-order valence-electron chi connectivity index (χ0n) is 17.2. The first-order chi connectivity index (χ1) is 16.2. The predicted molar refractivity (Wildman–Crippen MR) is 121 cm³/mol. The van der Waals surface area contributed by atoms with Gasteiger partial charge in [0.2, 0.25) is 5.16 Å². The zero-order chi connectivity index (χ0) is 24.6. The topological polar surface area (TPSA) is 183 Å². The van der Waals surface area contributed by atoms with Crippen molar-refractivity contribution in [2.24, 2.45) is 12.2 Å². The van der Waals surface area contributed by atoms with Gasteiger partial charge in [0, 0.05) is 24.1 Å². The van der Waals surface area contributed by atoms with Gasteiger partial charge in [-0.2, -0.15) is 0 Å². The molecule has 2 aromatic rings. The van der Waals surface area contributed by atoms with Gasteiger partial charge >= 0.3 is 5.97 Å². The fourth-order valence-electron chi connectivity index (χ4n) is 3.39. The first kappa shape index (κ1) is 23.8. The summed E-state index contributed by atoms with van der Waals surface area (Å²) in [6.07, 6.45) is 0. The quantitative estimate of drug-likeness (QED) is 0.128. The molecule has 1 unspecified atom stereocenters. The number of carboxylic acids is 1. The zero-order valence-corrected chi connectivity index (χ0v) is 19.6. The van der Waals surface area contributed by atoms with E-state index in [-0.39, 0.29) is 27.8 Å². The van der Waals surface area contributed by atoms with Crippen LogP contribution in [0.4, 0.5) is 0 Å². The van der Waals surface area contributed by atoms with E-state index in [0.29, 0.717) is 16.5 Å². The van der Waals surface area contributed by atoms with Crippen LogP contribution in [0.5, 0.6) is 5.75 Å². The van der Waals surface area contributed by atoms with Crippen LogP contribution in [0.3, 0.4) is 0 Å². The van der Waals surface area contributed by atoms with Crippen molar-refractivity contribution in [1.82, 2.24) is 30.4 Å². The molecule has 4 N–H and O–H groups in total. The molecule has 0 spiro atoms. The van der Waals surface area contributed by atoms with Crippen LogP contribution in [0.1, 0.15) is 5.56 Å². The van der Waals surface area contributed by atoms with Gasteiger partial charge in [-0.05, 0) is 34.2 Å². The van der Waals surface area contributed by atoms with Crippen LogP contribution in [0, 0.1) is 0 Å². The summed E-state index contributed by atoms with van der Waals surface area (Å²) in [4.78, 5) is 38.6. The third-order valence-corrected chi connectivity index (χ3v) is 7.77. The monoisotopic (exact) mass is 525 g/mol. The minimum absolute atomic E-state index is 0.0566. The highest BCUT2D eigenvalue weighted by Gasteiger charge is 2.54. The van der Waals surface area contributed by atoms with Gasteiger partial charge in [0.15, 0.2) is 5.71 Å². The number of carbonyl (C=O) groups excluding carboxylic acids is 2. The van der Waals surface area contributed by atoms with Crippen molar-refractivity contribution in [3.8, 4) is 5.75 Å². The Hall–Kier alpha value is -3.30. The molecule has 0 radical (unpaired) electrons. The van der Waals surface area contributed by atoms with Crippen LogP contribution >= 0.6 is 35.1 Å². The van der Waals surface area contributed by atoms with Crippen molar-refractivity contribution in [2.45, 2.75) is 16.6 Å². The van der Waals surface area contributed by atoms with Crippen molar-refractivity contribution in [3.05, 3.63) is 40.1 Å². The largest absolute Gasteiger partial charge is 0.506 e. The molecule has 16 heteroatoms. The standard InChI is InChI=1S/C18H16ClN7O6S2/c1-25-18(21-23-24-25)34-6-8-5-33-16-12(15(29)26(16)13(8)17(30)31)20-14(28)11(22-32)7-2-3-10(27)9(19)4-7/h2-4,12,16,27,32H,5-6H2,1H3,(H,20,28)(H,30,31)/t12?,16-/m1/s1. The van der Waals surface area contributed by atoms with E-state index in [1.807, 2.05) is 0 Å². The Bertz CT molecular complexity index is 1250. The number of tetrazole rings is 1. The Morgan fingerprint density at radius 3 is 2.79 bits per heavy atom. The average molecular weight is 526 g/mol. The number of benzene rings is 1. The average Bonchev–Trinajstić information content (AvgIpc) is 3.22. The van der Waals surface area contributed by atoms with Crippen LogP contribution in [0.15, 0.2) is 39.8 Å². The number of β-lactam (4-membered cyclic amide) rings is 1. The molecule has 1 aromatic carbocycles. The fraction of sp³-hybridized carbons (Fsp3) is 0.278. The van der Waals surface area contributed by atoms with Gasteiger partial charge in [0.25, 0.3) is 11.8 Å². The van der Waals surface area contributed by atoms with Gasteiger partial charge in [-0.3, -0.25) is 14.5 Å². The lowest BCUT2D eigenvalue weighted by Gasteiger charge is -2.49. The van der Waals surface area contributed by atoms with E-state index in [9.17, 15) is 29.8 Å². The number of aryl methyl sites for hydroxylation is 1. The van der Waals surface area contributed by atoms with Gasteiger partial charge in [0.1, 0.15) is 22.9 Å². The Balaban J connectivity index is 1.49. The molecule has 34 heavy (non-hydrogen) atoms. The fourth-order valence-corrected chi connectivity index (χ4v) is 5.90. The molecule has 4 rings (SSSR count). The number of aliphatic carboxylic acids is 1. The molecule has 13 nitrogen and oxygen atoms in total. The number of hydrogen-bond acceptors (Lipinski definition) is 11. The number of aromatic nitrogens is 4. The van der Waals surface area contributed by atoms with Crippen LogP contribution in [-0.4, -0.2) is 86.9 Å². The summed E-state index contributed by atoms with van der Waals surface area (Å²) < 4.78 is 1.45. The lowest BCUT2D eigenvalue weighted by molar-refractivity contribution is -0.150. The van der Waals surface area contributed by atoms with E-state index in [1.54, 1.807) is 7.05 Å². The highest BCUT2D eigenvalue weighted by Crippen LogP contribution is 2.41. The highest BCUT2D eigenvalue weighted by molar-refractivity contribution is 8.01. The summed E-state index contributed by atoms with van der Waals surface area (Å²) in [5.41, 5.74) is 0.0863. The molecule has 0 bridgehead atoms. The number of amides is 2. The van der Waals surface area contributed by atoms with E-state index >= 15 is 0 Å². The summed E-state index contributed by atoms with van der Waals surface area (Å²) in [7, 11) is 1.66. The number of rotatable bonds is 7. The molecule has 0 aliphatic carbocycles. The predicted octanol–water partition coefficient (Wildman–Crippen LogP) is 0.278. The van der Waals surface area contributed by atoms with Gasteiger partial charge < -0.3 is 20.7 Å². The van der Waals surface area contributed by atoms with Crippen molar-refractivity contribution >= 4 is 58.6 Å². The maximum absolute atomic E-state index is 12.8. The van der Waals surface area contributed by atoms with Gasteiger partial charge in [-0.15, -0.1) is 16.9 Å². The molecule has 2 amide bonds. The molecule has 0 saturated carbocycles. The molecular formula is C18H16ClN7O6S2. The first-order valence-corrected chi connectivity index (χ1v) is 11.9. The Morgan fingerprint density at radius 2 is 2.18 bits per heavy atom. The minimum atomic E-state index is -1.26. The number of nitrogens with zero attached hydrogens (tertiary/aromatic N) is 6. The number of fused-ring (bicyclic) bond motifs is 1. The third kappa shape index (κ3) is 4.28.